The van der Waals surface area contributed by atoms with Crippen molar-refractivity contribution in [1.29, 1.82) is 0 Å². The summed E-state index contributed by atoms with van der Waals surface area (Å²) in [6, 6.07) is 13.4. The van der Waals surface area contributed by atoms with E-state index in [0.29, 0.717) is 12.2 Å². The quantitative estimate of drug-likeness (QED) is 0.801. The van der Waals surface area contributed by atoms with E-state index < -0.39 is 0 Å². The lowest BCUT2D eigenvalue weighted by Crippen LogP contribution is -2.24. The molecule has 2 aromatic heterocycles. The molecule has 4 heteroatoms. The van der Waals surface area contributed by atoms with Gasteiger partial charge in [-0.1, -0.05) is 24.3 Å². The molecule has 0 saturated carbocycles. The lowest BCUT2D eigenvalue weighted by Gasteiger charge is -2.08. The third kappa shape index (κ3) is 2.89. The fraction of sp³-hybridized carbons (Fsp3) is 0.118. The lowest BCUT2D eigenvalue weighted by atomic mass is 10.1. The maximum absolute atomic E-state index is 12.2. The zero-order valence-electron chi connectivity index (χ0n) is 11.7. The molecule has 4 nitrogen and oxygen atoms in total. The van der Waals surface area contributed by atoms with Gasteiger partial charge in [0, 0.05) is 24.3 Å². The molecule has 0 saturated heterocycles. The molecule has 0 radical (unpaired) electrons. The molecule has 0 aliphatic heterocycles. The van der Waals surface area contributed by atoms with Crippen LogP contribution in [0.2, 0.25) is 0 Å². The minimum absolute atomic E-state index is 0.169. The number of amides is 1. The van der Waals surface area contributed by atoms with Crippen LogP contribution in [0.5, 0.6) is 0 Å². The first-order chi connectivity index (χ1) is 10.2. The highest BCUT2D eigenvalue weighted by molar-refractivity contribution is 5.94. The van der Waals surface area contributed by atoms with Crippen LogP contribution in [0.4, 0.5) is 0 Å². The number of hydrogen-bond donors (Lipinski definition) is 1. The number of aryl methyl sites for hydroxylation is 1. The summed E-state index contributed by atoms with van der Waals surface area (Å²) in [7, 11) is 0. The molecule has 0 atom stereocenters. The van der Waals surface area contributed by atoms with Crippen molar-refractivity contribution in [3.05, 3.63) is 71.7 Å². The van der Waals surface area contributed by atoms with Crippen molar-refractivity contribution in [2.75, 3.05) is 0 Å². The SMILES string of the molecule is Cc1ccccc1CNC(=O)c1ccc2cnccc2n1. The summed E-state index contributed by atoms with van der Waals surface area (Å²) < 4.78 is 0. The summed E-state index contributed by atoms with van der Waals surface area (Å²) in [6.07, 6.45) is 3.40. The normalized spacial score (nSPS) is 10.5. The second kappa shape index (κ2) is 5.71. The van der Waals surface area contributed by atoms with Crippen LogP contribution < -0.4 is 5.32 Å². The van der Waals surface area contributed by atoms with Crippen LogP contribution in [-0.4, -0.2) is 15.9 Å². The Hall–Kier alpha value is -2.75. The van der Waals surface area contributed by atoms with E-state index in [1.54, 1.807) is 24.5 Å². The number of benzene rings is 1. The van der Waals surface area contributed by atoms with Gasteiger partial charge in [-0.25, -0.2) is 4.98 Å². The standard InChI is InChI=1S/C17H15N3O/c1-12-4-2-3-5-13(12)11-19-17(21)16-7-6-14-10-18-9-8-15(14)20-16/h2-10H,11H2,1H3,(H,19,21). The van der Waals surface area contributed by atoms with Crippen LogP contribution >= 0.6 is 0 Å². The Labute approximate surface area is 122 Å². The van der Waals surface area contributed by atoms with Gasteiger partial charge in [-0.2, -0.15) is 0 Å². The summed E-state index contributed by atoms with van der Waals surface area (Å²) in [5, 5.41) is 3.83. The van der Waals surface area contributed by atoms with E-state index in [4.69, 9.17) is 0 Å². The van der Waals surface area contributed by atoms with Crippen LogP contribution in [0.25, 0.3) is 10.9 Å². The molecule has 21 heavy (non-hydrogen) atoms. The molecule has 1 aromatic carbocycles. The third-order valence-corrected chi connectivity index (χ3v) is 3.42. The summed E-state index contributed by atoms with van der Waals surface area (Å²) in [4.78, 5) is 20.6. The lowest BCUT2D eigenvalue weighted by molar-refractivity contribution is 0.0946. The number of carbonyl (C=O) groups is 1. The van der Waals surface area contributed by atoms with E-state index in [-0.39, 0.29) is 5.91 Å². The Morgan fingerprint density at radius 3 is 2.86 bits per heavy atom. The van der Waals surface area contributed by atoms with Crippen molar-refractivity contribution in [1.82, 2.24) is 15.3 Å². The van der Waals surface area contributed by atoms with Gasteiger partial charge in [0.1, 0.15) is 5.69 Å². The van der Waals surface area contributed by atoms with Crippen LogP contribution in [0.1, 0.15) is 21.6 Å². The topological polar surface area (TPSA) is 54.9 Å². The van der Waals surface area contributed by atoms with E-state index in [1.165, 1.54) is 0 Å². The molecule has 0 bridgehead atoms. The molecule has 0 spiro atoms. The van der Waals surface area contributed by atoms with Crippen LogP contribution in [0.3, 0.4) is 0 Å². The molecule has 3 rings (SSSR count). The average molecular weight is 277 g/mol. The van der Waals surface area contributed by atoms with Gasteiger partial charge in [0.25, 0.3) is 5.91 Å². The van der Waals surface area contributed by atoms with Crippen LogP contribution in [0.15, 0.2) is 54.9 Å². The van der Waals surface area contributed by atoms with Crippen LogP contribution in [0, 0.1) is 6.92 Å². The molecule has 0 aliphatic rings. The Morgan fingerprint density at radius 2 is 2.00 bits per heavy atom. The first-order valence-corrected chi connectivity index (χ1v) is 6.77. The highest BCUT2D eigenvalue weighted by Gasteiger charge is 2.08. The molecule has 1 N–H and O–H groups in total. The van der Waals surface area contributed by atoms with Gasteiger partial charge in [0.15, 0.2) is 0 Å². The Balaban J connectivity index is 1.76. The average Bonchev–Trinajstić information content (AvgIpc) is 2.53. The molecule has 0 unspecified atom stereocenters. The zero-order chi connectivity index (χ0) is 14.7. The number of hydrogen-bond acceptors (Lipinski definition) is 3. The number of carbonyl (C=O) groups excluding carboxylic acids is 1. The highest BCUT2D eigenvalue weighted by Crippen LogP contribution is 2.11. The van der Waals surface area contributed by atoms with Crippen molar-refractivity contribution in [3.63, 3.8) is 0 Å². The van der Waals surface area contributed by atoms with Crippen molar-refractivity contribution >= 4 is 16.8 Å². The molecular weight excluding hydrogens is 262 g/mol. The summed E-state index contributed by atoms with van der Waals surface area (Å²) >= 11 is 0. The Morgan fingerprint density at radius 1 is 1.14 bits per heavy atom. The molecule has 0 aliphatic carbocycles. The summed E-state index contributed by atoms with van der Waals surface area (Å²) in [6.45, 7) is 2.53. The van der Waals surface area contributed by atoms with Gasteiger partial charge in [-0.05, 0) is 36.2 Å². The predicted octanol–water partition coefficient (Wildman–Crippen LogP) is 2.87. The number of nitrogens with zero attached hydrogens (tertiary/aromatic N) is 2. The fourth-order valence-corrected chi connectivity index (χ4v) is 2.17. The summed E-state index contributed by atoms with van der Waals surface area (Å²) in [5.41, 5.74) is 3.46. The minimum atomic E-state index is -0.169. The number of rotatable bonds is 3. The Bertz CT molecular complexity index is 799. The van der Waals surface area contributed by atoms with Gasteiger partial charge < -0.3 is 5.32 Å². The number of fused-ring (bicyclic) bond motifs is 1. The Kier molecular flexibility index (Phi) is 3.60. The van der Waals surface area contributed by atoms with Gasteiger partial charge in [-0.3, -0.25) is 9.78 Å². The number of aromatic nitrogens is 2. The zero-order valence-corrected chi connectivity index (χ0v) is 11.7. The second-order valence-electron chi connectivity index (χ2n) is 4.87. The van der Waals surface area contributed by atoms with Gasteiger partial charge in [0.2, 0.25) is 0 Å². The molecule has 2 heterocycles. The van der Waals surface area contributed by atoms with E-state index in [9.17, 15) is 4.79 Å². The van der Waals surface area contributed by atoms with E-state index >= 15 is 0 Å². The van der Waals surface area contributed by atoms with Crippen molar-refractivity contribution < 1.29 is 4.79 Å². The molecule has 1 amide bonds. The first-order valence-electron chi connectivity index (χ1n) is 6.77. The smallest absolute Gasteiger partial charge is 0.270 e. The van der Waals surface area contributed by atoms with Gasteiger partial charge in [0.05, 0.1) is 5.52 Å². The number of pyridine rings is 2. The fourth-order valence-electron chi connectivity index (χ4n) is 2.17. The van der Waals surface area contributed by atoms with E-state index in [1.807, 2.05) is 37.3 Å². The first kappa shape index (κ1) is 13.2. The highest BCUT2D eigenvalue weighted by atomic mass is 16.1. The van der Waals surface area contributed by atoms with Gasteiger partial charge >= 0.3 is 0 Å². The van der Waals surface area contributed by atoms with Crippen molar-refractivity contribution in [2.24, 2.45) is 0 Å². The van der Waals surface area contributed by atoms with E-state index in [2.05, 4.69) is 15.3 Å². The number of nitrogens with one attached hydrogen (secondary N) is 1. The second-order valence-corrected chi connectivity index (χ2v) is 4.87. The predicted molar refractivity (Wildman–Crippen MR) is 81.9 cm³/mol. The maximum Gasteiger partial charge on any atom is 0.270 e. The molecule has 0 fully saturated rings. The van der Waals surface area contributed by atoms with Crippen LogP contribution in [-0.2, 0) is 6.54 Å². The maximum atomic E-state index is 12.2. The summed E-state index contributed by atoms with van der Waals surface area (Å²) in [5.74, 6) is -0.169. The largest absolute Gasteiger partial charge is 0.347 e. The van der Waals surface area contributed by atoms with Crippen molar-refractivity contribution in [3.8, 4) is 0 Å². The van der Waals surface area contributed by atoms with Gasteiger partial charge in [-0.15, -0.1) is 0 Å². The molecular formula is C17H15N3O. The molecule has 3 aromatic rings. The molecule has 104 valence electrons. The van der Waals surface area contributed by atoms with Crippen molar-refractivity contribution in [2.45, 2.75) is 13.5 Å². The van der Waals surface area contributed by atoms with E-state index in [0.717, 1.165) is 22.0 Å². The third-order valence-electron chi connectivity index (χ3n) is 3.42. The monoisotopic (exact) mass is 277 g/mol. The minimum Gasteiger partial charge on any atom is -0.347 e.